The van der Waals surface area contributed by atoms with Crippen LogP contribution in [0.1, 0.15) is 0 Å². The van der Waals surface area contributed by atoms with Crippen molar-refractivity contribution in [3.05, 3.63) is 10.5 Å². The minimum absolute atomic E-state index is 0.0382. The molecule has 4 nitrogen and oxygen atoms in total. The molecule has 0 aliphatic carbocycles. The van der Waals surface area contributed by atoms with Crippen LogP contribution in [0.3, 0.4) is 0 Å². The van der Waals surface area contributed by atoms with Gasteiger partial charge in [-0.1, -0.05) is 28.5 Å². The molecule has 13 heavy (non-hydrogen) atoms. The lowest BCUT2D eigenvalue weighted by Crippen LogP contribution is -2.53. The summed E-state index contributed by atoms with van der Waals surface area (Å²) in [6.45, 7) is 0. The van der Waals surface area contributed by atoms with Gasteiger partial charge in [-0.25, -0.2) is 4.79 Å². The molecule has 0 saturated heterocycles. The lowest BCUT2D eigenvalue weighted by Gasteiger charge is -2.00. The van der Waals surface area contributed by atoms with Crippen molar-refractivity contribution in [2.45, 2.75) is 10.3 Å². The Morgan fingerprint density at radius 1 is 1.38 bits per heavy atom. The molecule has 0 aliphatic rings. The van der Waals surface area contributed by atoms with Gasteiger partial charge in [0, 0.05) is 0 Å². The smallest absolute Gasteiger partial charge is 0.212 e. The molecular weight excluding hydrogens is 206 g/mol. The molecule has 0 atom stereocenters. The van der Waals surface area contributed by atoms with Gasteiger partial charge in [-0.15, -0.1) is 0 Å². The van der Waals surface area contributed by atoms with Crippen LogP contribution < -0.4 is 10.3 Å². The first kappa shape index (κ1) is 10.6. The number of rotatable bonds is 2. The van der Waals surface area contributed by atoms with Crippen LogP contribution in [0.4, 0.5) is 0 Å². The van der Waals surface area contributed by atoms with E-state index in [9.17, 15) is 4.79 Å². The Bertz CT molecular complexity index is 343. The molecule has 1 rings (SSSR count). The second kappa shape index (κ2) is 4.15. The fourth-order valence-electron chi connectivity index (χ4n) is 0.986. The van der Waals surface area contributed by atoms with Crippen molar-refractivity contribution in [1.29, 1.82) is 0 Å². The Morgan fingerprint density at radius 3 is 2.46 bits per heavy atom. The van der Waals surface area contributed by atoms with Gasteiger partial charge in [-0.2, -0.15) is 9.13 Å². The molecule has 0 amide bonds. The van der Waals surface area contributed by atoms with E-state index in [0.29, 0.717) is 0 Å². The summed E-state index contributed by atoms with van der Waals surface area (Å²) in [6, 6.07) is 0. The summed E-state index contributed by atoms with van der Waals surface area (Å²) in [5.41, 5.74) is -0.0382. The van der Waals surface area contributed by atoms with Gasteiger partial charge in [-0.05, 0) is 12.5 Å². The molecule has 0 fully saturated rings. The fraction of sp³-hybridized carbons (Fsp3) is 0.571. The molecule has 0 bridgehead atoms. The molecule has 0 N–H and O–H groups in total. The molecule has 0 aromatic carbocycles. The van der Waals surface area contributed by atoms with E-state index in [2.05, 4.69) is 4.98 Å². The first-order valence-corrected chi connectivity index (χ1v) is 6.11. The van der Waals surface area contributed by atoms with Crippen molar-refractivity contribution in [2.75, 3.05) is 12.5 Å². The zero-order chi connectivity index (χ0) is 10.0. The van der Waals surface area contributed by atoms with E-state index in [1.54, 1.807) is 23.2 Å². The van der Waals surface area contributed by atoms with Crippen LogP contribution in [-0.2, 0) is 14.1 Å². The number of thioether (sulfide) groups is 2. The van der Waals surface area contributed by atoms with E-state index >= 15 is 0 Å². The lowest BCUT2D eigenvalue weighted by atomic mass is 10.9. The van der Waals surface area contributed by atoms with Gasteiger partial charge in [0.05, 0.1) is 14.1 Å². The van der Waals surface area contributed by atoms with E-state index in [1.165, 1.54) is 23.5 Å². The Kier molecular flexibility index (Phi) is 3.38. The van der Waals surface area contributed by atoms with E-state index < -0.39 is 0 Å². The quantitative estimate of drug-likeness (QED) is 0.519. The van der Waals surface area contributed by atoms with Crippen molar-refractivity contribution in [3.63, 3.8) is 0 Å². The molecule has 0 radical (unpaired) electrons. The van der Waals surface area contributed by atoms with Crippen LogP contribution in [0.5, 0.6) is 0 Å². The van der Waals surface area contributed by atoms with Gasteiger partial charge in [-0.3, -0.25) is 0 Å². The Morgan fingerprint density at radius 2 is 2.00 bits per heavy atom. The molecule has 1 aromatic heterocycles. The van der Waals surface area contributed by atoms with E-state index in [0.717, 1.165) is 10.3 Å². The summed E-state index contributed by atoms with van der Waals surface area (Å²) in [7, 11) is 3.45. The molecule has 0 spiro atoms. The average Bonchev–Trinajstić information content (AvgIpc) is 2.15. The van der Waals surface area contributed by atoms with Crippen LogP contribution in [0.25, 0.3) is 0 Å². The predicted octanol–water partition coefficient (Wildman–Crippen LogP) is 0.0486. The Hall–Kier alpha value is -0.490. The molecular formula is C7H12N3OS2+. The second-order valence-corrected chi connectivity index (χ2v) is 4.03. The van der Waals surface area contributed by atoms with Crippen molar-refractivity contribution >= 4 is 23.5 Å². The average molecular weight is 218 g/mol. The van der Waals surface area contributed by atoms with Crippen LogP contribution in [0.15, 0.2) is 15.1 Å². The summed E-state index contributed by atoms with van der Waals surface area (Å²) in [6.07, 6.45) is 3.82. The maximum absolute atomic E-state index is 11.6. The lowest BCUT2D eigenvalue weighted by molar-refractivity contribution is -0.732. The number of nitrogens with zero attached hydrogens (tertiary/aromatic N) is 3. The maximum atomic E-state index is 11.6. The zero-order valence-electron chi connectivity index (χ0n) is 8.07. The molecule has 0 unspecified atom stereocenters. The first-order chi connectivity index (χ1) is 6.11. The summed E-state index contributed by atoms with van der Waals surface area (Å²) in [5, 5.41) is 1.49. The largest absolute Gasteiger partial charge is 0.446 e. The standard InChI is InChI=1S/C7H12N3OS2/c1-9-5(12-3)8-6(13-4)10(2)7(9)11/h1-4H3/q+1. The molecule has 0 saturated carbocycles. The highest BCUT2D eigenvalue weighted by Gasteiger charge is 2.17. The van der Waals surface area contributed by atoms with E-state index in [-0.39, 0.29) is 5.69 Å². The summed E-state index contributed by atoms with van der Waals surface area (Å²) in [5.74, 6) is 0. The minimum atomic E-state index is -0.0382. The number of hydrogen-bond donors (Lipinski definition) is 0. The summed E-state index contributed by atoms with van der Waals surface area (Å²) < 4.78 is 3.09. The van der Waals surface area contributed by atoms with Gasteiger partial charge in [0.15, 0.2) is 0 Å². The third kappa shape index (κ3) is 1.88. The van der Waals surface area contributed by atoms with Gasteiger partial charge in [0.25, 0.3) is 0 Å². The van der Waals surface area contributed by atoms with Crippen LogP contribution >= 0.6 is 23.5 Å². The van der Waals surface area contributed by atoms with Crippen molar-refractivity contribution in [1.82, 2.24) is 9.55 Å². The summed E-state index contributed by atoms with van der Waals surface area (Å²) >= 11 is 2.95. The Labute approximate surface area is 85.4 Å². The first-order valence-electron chi connectivity index (χ1n) is 3.66. The monoisotopic (exact) mass is 218 g/mol. The maximum Gasteiger partial charge on any atom is 0.446 e. The SMILES string of the molecule is CSc1nc(SC)[n+](C)c(=O)n1C. The molecule has 6 heteroatoms. The highest BCUT2D eigenvalue weighted by molar-refractivity contribution is 7.99. The number of aromatic nitrogens is 3. The van der Waals surface area contributed by atoms with Crippen LogP contribution in [-0.4, -0.2) is 22.1 Å². The molecule has 1 heterocycles. The third-order valence-electron chi connectivity index (χ3n) is 1.70. The zero-order valence-corrected chi connectivity index (χ0v) is 9.70. The highest BCUT2D eigenvalue weighted by Crippen LogP contribution is 2.11. The van der Waals surface area contributed by atoms with Gasteiger partial charge in [0.1, 0.15) is 0 Å². The Balaban J connectivity index is 3.46. The van der Waals surface area contributed by atoms with E-state index in [4.69, 9.17) is 0 Å². The minimum Gasteiger partial charge on any atom is -0.212 e. The predicted molar refractivity (Wildman–Crippen MR) is 54.2 cm³/mol. The van der Waals surface area contributed by atoms with E-state index in [1.807, 2.05) is 12.5 Å². The molecule has 1 aromatic rings. The van der Waals surface area contributed by atoms with Gasteiger partial charge in [0.2, 0.25) is 0 Å². The van der Waals surface area contributed by atoms with Crippen molar-refractivity contribution in [2.24, 2.45) is 14.1 Å². The normalized spacial score (nSPS) is 10.5. The highest BCUT2D eigenvalue weighted by atomic mass is 32.2. The molecule has 72 valence electrons. The number of hydrogen-bond acceptors (Lipinski definition) is 4. The second-order valence-electron chi connectivity index (χ2n) is 2.49. The van der Waals surface area contributed by atoms with Crippen LogP contribution in [0, 0.1) is 0 Å². The van der Waals surface area contributed by atoms with Gasteiger partial charge < -0.3 is 0 Å². The fourth-order valence-corrected chi connectivity index (χ4v) is 2.10. The van der Waals surface area contributed by atoms with Crippen molar-refractivity contribution in [3.8, 4) is 0 Å². The van der Waals surface area contributed by atoms with Crippen molar-refractivity contribution < 1.29 is 4.57 Å². The summed E-state index contributed by atoms with van der Waals surface area (Å²) in [4.78, 5) is 15.9. The van der Waals surface area contributed by atoms with Gasteiger partial charge >= 0.3 is 16.0 Å². The topological polar surface area (TPSA) is 38.8 Å². The van der Waals surface area contributed by atoms with Crippen LogP contribution in [0.2, 0.25) is 0 Å². The molecule has 0 aliphatic heterocycles. The third-order valence-corrected chi connectivity index (χ3v) is 3.16.